The Morgan fingerprint density at radius 1 is 1.22 bits per heavy atom. The van der Waals surface area contributed by atoms with Gasteiger partial charge in [-0.25, -0.2) is 4.39 Å². The van der Waals surface area contributed by atoms with E-state index < -0.39 is 0 Å². The summed E-state index contributed by atoms with van der Waals surface area (Å²) in [5, 5.41) is 2.05. The van der Waals surface area contributed by atoms with Crippen LogP contribution < -0.4 is 5.73 Å². The molecular weight excluding hydrogens is 249 g/mol. The van der Waals surface area contributed by atoms with E-state index in [4.69, 9.17) is 10.5 Å². The highest BCUT2D eigenvalue weighted by atomic mass is 32.1. The van der Waals surface area contributed by atoms with Crippen molar-refractivity contribution in [2.75, 3.05) is 6.61 Å². The van der Waals surface area contributed by atoms with Crippen LogP contribution in [0.15, 0.2) is 35.7 Å². The Morgan fingerprint density at radius 3 is 2.78 bits per heavy atom. The maximum atomic E-state index is 13.2. The molecule has 1 aromatic carbocycles. The molecule has 2 aromatic rings. The standard InChI is InChI=1S/C14H16FNOS/c15-13-7-11(9-16)6-12(8-13)10-17-4-3-14-2-1-5-18-14/h1-2,5-8H,3-4,9-10,16H2. The van der Waals surface area contributed by atoms with E-state index in [1.165, 1.54) is 17.0 Å². The fraction of sp³-hybridized carbons (Fsp3) is 0.286. The van der Waals surface area contributed by atoms with E-state index in [1.54, 1.807) is 11.3 Å². The van der Waals surface area contributed by atoms with Crippen LogP contribution in [0.25, 0.3) is 0 Å². The minimum atomic E-state index is -0.255. The van der Waals surface area contributed by atoms with Crippen molar-refractivity contribution in [2.24, 2.45) is 5.73 Å². The summed E-state index contributed by atoms with van der Waals surface area (Å²) in [7, 11) is 0. The van der Waals surface area contributed by atoms with Crippen molar-refractivity contribution in [1.82, 2.24) is 0 Å². The summed E-state index contributed by atoms with van der Waals surface area (Å²) >= 11 is 1.72. The summed E-state index contributed by atoms with van der Waals surface area (Å²) in [4.78, 5) is 1.30. The topological polar surface area (TPSA) is 35.2 Å². The Morgan fingerprint density at radius 2 is 2.06 bits per heavy atom. The van der Waals surface area contributed by atoms with Gasteiger partial charge in [-0.2, -0.15) is 0 Å². The molecule has 0 aliphatic heterocycles. The van der Waals surface area contributed by atoms with Crippen LogP contribution >= 0.6 is 11.3 Å². The first-order valence-electron chi connectivity index (χ1n) is 5.86. The SMILES string of the molecule is NCc1cc(F)cc(COCCc2cccs2)c1. The first-order valence-corrected chi connectivity index (χ1v) is 6.74. The van der Waals surface area contributed by atoms with E-state index in [-0.39, 0.29) is 5.82 Å². The number of ether oxygens (including phenoxy) is 1. The molecule has 18 heavy (non-hydrogen) atoms. The number of rotatable bonds is 6. The summed E-state index contributed by atoms with van der Waals surface area (Å²) in [5.41, 5.74) is 7.13. The second-order valence-corrected chi connectivity index (χ2v) is 5.09. The van der Waals surface area contributed by atoms with E-state index in [1.807, 2.05) is 12.1 Å². The molecule has 1 aromatic heterocycles. The van der Waals surface area contributed by atoms with Crippen molar-refractivity contribution < 1.29 is 9.13 Å². The third kappa shape index (κ3) is 3.91. The van der Waals surface area contributed by atoms with Crippen LogP contribution in [0.3, 0.4) is 0 Å². The Kier molecular flexibility index (Phi) is 4.87. The first-order chi connectivity index (χ1) is 8.78. The fourth-order valence-electron chi connectivity index (χ4n) is 1.74. The summed E-state index contributed by atoms with van der Waals surface area (Å²) < 4.78 is 18.8. The van der Waals surface area contributed by atoms with Gasteiger partial charge in [0.2, 0.25) is 0 Å². The zero-order valence-electron chi connectivity index (χ0n) is 10.1. The lowest BCUT2D eigenvalue weighted by Gasteiger charge is -2.06. The molecule has 0 fully saturated rings. The molecule has 0 saturated carbocycles. The van der Waals surface area contributed by atoms with Crippen molar-refractivity contribution in [3.63, 3.8) is 0 Å². The smallest absolute Gasteiger partial charge is 0.123 e. The number of hydrogen-bond acceptors (Lipinski definition) is 3. The molecule has 0 unspecified atom stereocenters. The lowest BCUT2D eigenvalue weighted by atomic mass is 10.1. The molecule has 0 aliphatic carbocycles. The van der Waals surface area contributed by atoms with Crippen LogP contribution in [-0.2, 0) is 24.3 Å². The lowest BCUT2D eigenvalue weighted by Crippen LogP contribution is -2.01. The van der Waals surface area contributed by atoms with E-state index in [9.17, 15) is 4.39 Å². The van der Waals surface area contributed by atoms with Crippen LogP contribution in [0.4, 0.5) is 4.39 Å². The van der Waals surface area contributed by atoms with Gasteiger partial charge in [0.05, 0.1) is 13.2 Å². The first kappa shape index (κ1) is 13.2. The third-order valence-corrected chi connectivity index (χ3v) is 3.53. The normalized spacial score (nSPS) is 10.8. The maximum Gasteiger partial charge on any atom is 0.123 e. The molecule has 0 saturated heterocycles. The molecule has 2 N–H and O–H groups in total. The van der Waals surface area contributed by atoms with Gasteiger partial charge in [0.1, 0.15) is 5.82 Å². The van der Waals surface area contributed by atoms with Crippen LogP contribution in [0.5, 0.6) is 0 Å². The quantitative estimate of drug-likeness (QED) is 0.815. The number of halogens is 1. The average Bonchev–Trinajstić information content (AvgIpc) is 2.87. The molecule has 0 bridgehead atoms. The van der Waals surface area contributed by atoms with Crippen molar-refractivity contribution >= 4 is 11.3 Å². The third-order valence-electron chi connectivity index (χ3n) is 2.59. The molecule has 0 radical (unpaired) electrons. The second-order valence-electron chi connectivity index (χ2n) is 4.05. The van der Waals surface area contributed by atoms with Gasteiger partial charge in [-0.05, 0) is 34.7 Å². The molecule has 0 atom stereocenters. The van der Waals surface area contributed by atoms with Crippen molar-refractivity contribution in [1.29, 1.82) is 0 Å². The molecule has 0 amide bonds. The Balaban J connectivity index is 1.81. The molecule has 4 heteroatoms. The lowest BCUT2D eigenvalue weighted by molar-refractivity contribution is 0.124. The minimum absolute atomic E-state index is 0.255. The highest BCUT2D eigenvalue weighted by Gasteiger charge is 2.01. The van der Waals surface area contributed by atoms with Gasteiger partial charge in [0.25, 0.3) is 0 Å². The van der Waals surface area contributed by atoms with Crippen molar-refractivity contribution in [3.05, 3.63) is 57.5 Å². The average molecular weight is 265 g/mol. The van der Waals surface area contributed by atoms with Gasteiger partial charge in [0, 0.05) is 17.8 Å². The molecule has 96 valence electrons. The minimum Gasteiger partial charge on any atom is -0.376 e. The zero-order chi connectivity index (χ0) is 12.8. The van der Waals surface area contributed by atoms with E-state index in [0.717, 1.165) is 17.5 Å². The molecule has 0 aliphatic rings. The molecule has 0 spiro atoms. The van der Waals surface area contributed by atoms with Gasteiger partial charge >= 0.3 is 0 Å². The summed E-state index contributed by atoms with van der Waals surface area (Å²) in [6, 6.07) is 8.94. The highest BCUT2D eigenvalue weighted by Crippen LogP contribution is 2.12. The van der Waals surface area contributed by atoms with Crippen molar-refractivity contribution in [3.8, 4) is 0 Å². The van der Waals surface area contributed by atoms with E-state index in [2.05, 4.69) is 11.4 Å². The Labute approximate surface area is 110 Å². The molecule has 2 rings (SSSR count). The largest absolute Gasteiger partial charge is 0.376 e. The van der Waals surface area contributed by atoms with Crippen LogP contribution in [0, 0.1) is 5.82 Å². The van der Waals surface area contributed by atoms with E-state index in [0.29, 0.717) is 19.8 Å². The Bertz CT molecular complexity index is 485. The van der Waals surface area contributed by atoms with Crippen LogP contribution in [0.1, 0.15) is 16.0 Å². The van der Waals surface area contributed by atoms with Gasteiger partial charge in [-0.15, -0.1) is 11.3 Å². The molecule has 1 heterocycles. The fourth-order valence-corrected chi connectivity index (χ4v) is 2.43. The molecule has 2 nitrogen and oxygen atoms in total. The second kappa shape index (κ2) is 6.64. The summed E-state index contributed by atoms with van der Waals surface area (Å²) in [6.45, 7) is 1.42. The monoisotopic (exact) mass is 265 g/mol. The van der Waals surface area contributed by atoms with Gasteiger partial charge in [-0.3, -0.25) is 0 Å². The number of hydrogen-bond donors (Lipinski definition) is 1. The summed E-state index contributed by atoms with van der Waals surface area (Å²) in [6.07, 6.45) is 0.900. The van der Waals surface area contributed by atoms with Crippen LogP contribution in [0.2, 0.25) is 0 Å². The van der Waals surface area contributed by atoms with Crippen molar-refractivity contribution in [2.45, 2.75) is 19.6 Å². The number of benzene rings is 1. The molecular formula is C14H16FNOS. The number of nitrogens with two attached hydrogens (primary N) is 1. The number of thiophene rings is 1. The summed E-state index contributed by atoms with van der Waals surface area (Å²) in [5.74, 6) is -0.255. The zero-order valence-corrected chi connectivity index (χ0v) is 10.9. The highest BCUT2D eigenvalue weighted by molar-refractivity contribution is 7.09. The predicted molar refractivity (Wildman–Crippen MR) is 72.0 cm³/mol. The predicted octanol–water partition coefficient (Wildman–Crippen LogP) is 3.11. The van der Waals surface area contributed by atoms with Gasteiger partial charge in [0.15, 0.2) is 0 Å². The maximum absolute atomic E-state index is 13.2. The van der Waals surface area contributed by atoms with E-state index >= 15 is 0 Å². The van der Waals surface area contributed by atoms with Gasteiger partial charge < -0.3 is 10.5 Å². The van der Waals surface area contributed by atoms with Gasteiger partial charge in [-0.1, -0.05) is 12.1 Å². The van der Waals surface area contributed by atoms with Crippen LogP contribution in [-0.4, -0.2) is 6.61 Å². The Hall–Kier alpha value is -1.23.